The van der Waals surface area contributed by atoms with Crippen LogP contribution in [0.4, 0.5) is 11.4 Å². The fraction of sp³-hybridized carbons (Fsp3) is 0.300. The number of non-ortho nitro benzene ring substituents is 1. The van der Waals surface area contributed by atoms with Crippen LogP contribution in [0.5, 0.6) is 5.75 Å². The van der Waals surface area contributed by atoms with Crippen molar-refractivity contribution >= 4 is 16.9 Å². The van der Waals surface area contributed by atoms with Crippen LogP contribution in [0.1, 0.15) is 31.9 Å². The number of nitro groups is 1. The van der Waals surface area contributed by atoms with E-state index >= 15 is 0 Å². The van der Waals surface area contributed by atoms with E-state index in [1.807, 2.05) is 18.2 Å². The molecule has 0 radical (unpaired) electrons. The monoisotopic (exact) mass is 338 g/mol. The van der Waals surface area contributed by atoms with Gasteiger partial charge < -0.3 is 9.64 Å². The average Bonchev–Trinajstić information content (AvgIpc) is 2.58. The molecule has 0 saturated heterocycles. The van der Waals surface area contributed by atoms with Gasteiger partial charge in [0, 0.05) is 36.0 Å². The van der Waals surface area contributed by atoms with Crippen LogP contribution in [0.3, 0.4) is 0 Å². The van der Waals surface area contributed by atoms with Gasteiger partial charge in [0.15, 0.2) is 0 Å². The van der Waals surface area contributed by atoms with E-state index in [0.717, 1.165) is 17.0 Å². The number of hydrogen-bond acceptors (Lipinski definition) is 4. The maximum absolute atomic E-state index is 10.8. The molecule has 0 fully saturated rings. The molecular formula is C20H22N2O3. The summed E-state index contributed by atoms with van der Waals surface area (Å²) in [4.78, 5) is 12.8. The molecule has 0 aliphatic carbocycles. The Balaban J connectivity index is 2.00. The second kappa shape index (κ2) is 6.24. The van der Waals surface area contributed by atoms with Gasteiger partial charge in [0.1, 0.15) is 5.75 Å². The largest absolute Gasteiger partial charge is 0.497 e. The van der Waals surface area contributed by atoms with Gasteiger partial charge in [-0.25, -0.2) is 0 Å². The minimum atomic E-state index is -0.374. The van der Waals surface area contributed by atoms with Crippen molar-refractivity contribution < 1.29 is 9.66 Å². The lowest BCUT2D eigenvalue weighted by atomic mass is 9.88. The first kappa shape index (κ1) is 17.0. The molecule has 2 aromatic rings. The molecule has 3 rings (SSSR count). The van der Waals surface area contributed by atoms with Gasteiger partial charge in [-0.1, -0.05) is 18.2 Å². The van der Waals surface area contributed by atoms with E-state index in [4.69, 9.17) is 4.74 Å². The van der Waals surface area contributed by atoms with E-state index < -0.39 is 0 Å². The maximum atomic E-state index is 10.8. The third-order valence-corrected chi connectivity index (χ3v) is 4.67. The molecule has 130 valence electrons. The Kier molecular flexibility index (Phi) is 4.25. The van der Waals surface area contributed by atoms with Crippen molar-refractivity contribution in [3.63, 3.8) is 0 Å². The van der Waals surface area contributed by atoms with Gasteiger partial charge in [-0.15, -0.1) is 0 Å². The number of rotatable bonds is 4. The number of hydrogen-bond donors (Lipinski definition) is 0. The third kappa shape index (κ3) is 3.22. The van der Waals surface area contributed by atoms with Gasteiger partial charge in [-0.05, 0) is 44.0 Å². The maximum Gasteiger partial charge on any atom is 0.269 e. The smallest absolute Gasteiger partial charge is 0.269 e. The molecule has 25 heavy (non-hydrogen) atoms. The summed E-state index contributed by atoms with van der Waals surface area (Å²) in [5.74, 6) is 0.818. The lowest BCUT2D eigenvalue weighted by molar-refractivity contribution is -0.384. The Hall–Kier alpha value is -2.82. The van der Waals surface area contributed by atoms with E-state index in [9.17, 15) is 10.1 Å². The molecule has 1 aliphatic rings. The topological polar surface area (TPSA) is 55.6 Å². The van der Waals surface area contributed by atoms with Gasteiger partial charge in [-0.2, -0.15) is 0 Å². The predicted octanol–water partition coefficient (Wildman–Crippen LogP) is 4.81. The molecule has 5 heteroatoms. The second-order valence-corrected chi connectivity index (χ2v) is 6.87. The quantitative estimate of drug-likeness (QED) is 0.593. The molecule has 0 spiro atoms. The van der Waals surface area contributed by atoms with Gasteiger partial charge in [0.25, 0.3) is 5.69 Å². The number of ether oxygens (including phenoxy) is 1. The summed E-state index contributed by atoms with van der Waals surface area (Å²) < 4.78 is 5.40. The number of anilines is 1. The molecule has 0 aromatic heterocycles. The van der Waals surface area contributed by atoms with Crippen LogP contribution in [-0.2, 0) is 6.54 Å². The number of benzene rings is 2. The van der Waals surface area contributed by atoms with Gasteiger partial charge in [0.2, 0.25) is 0 Å². The molecule has 0 atom stereocenters. The Morgan fingerprint density at radius 3 is 2.44 bits per heavy atom. The minimum Gasteiger partial charge on any atom is -0.497 e. The van der Waals surface area contributed by atoms with E-state index in [-0.39, 0.29) is 16.1 Å². The van der Waals surface area contributed by atoms with Crippen molar-refractivity contribution in [1.29, 1.82) is 0 Å². The molecule has 5 nitrogen and oxygen atoms in total. The van der Waals surface area contributed by atoms with Crippen LogP contribution in [0.25, 0.3) is 5.57 Å². The highest BCUT2D eigenvalue weighted by molar-refractivity contribution is 5.82. The molecule has 0 bridgehead atoms. The van der Waals surface area contributed by atoms with Crippen molar-refractivity contribution in [2.75, 3.05) is 12.0 Å². The van der Waals surface area contributed by atoms with Crippen molar-refractivity contribution in [3.8, 4) is 5.75 Å². The van der Waals surface area contributed by atoms with Crippen molar-refractivity contribution in [2.24, 2.45) is 0 Å². The summed E-state index contributed by atoms with van der Waals surface area (Å²) in [5, 5.41) is 10.8. The summed E-state index contributed by atoms with van der Waals surface area (Å²) >= 11 is 0. The first-order valence-corrected chi connectivity index (χ1v) is 8.20. The Morgan fingerprint density at radius 2 is 1.84 bits per heavy atom. The molecular weight excluding hydrogens is 316 g/mol. The van der Waals surface area contributed by atoms with Crippen molar-refractivity contribution in [3.05, 3.63) is 69.8 Å². The zero-order valence-electron chi connectivity index (χ0n) is 14.9. The fourth-order valence-corrected chi connectivity index (χ4v) is 3.39. The zero-order valence-corrected chi connectivity index (χ0v) is 14.9. The predicted molar refractivity (Wildman–Crippen MR) is 100 cm³/mol. The first-order chi connectivity index (χ1) is 11.8. The highest BCUT2D eigenvalue weighted by Crippen LogP contribution is 2.41. The molecule has 0 amide bonds. The third-order valence-electron chi connectivity index (χ3n) is 4.67. The fourth-order valence-electron chi connectivity index (χ4n) is 3.39. The van der Waals surface area contributed by atoms with E-state index in [2.05, 4.69) is 43.9 Å². The molecule has 0 N–H and O–H groups in total. The lowest BCUT2D eigenvalue weighted by Gasteiger charge is -2.43. The molecule has 0 saturated carbocycles. The van der Waals surface area contributed by atoms with Crippen LogP contribution in [-0.4, -0.2) is 17.6 Å². The molecule has 0 unspecified atom stereocenters. The SMILES string of the molecule is COc1ccc2c(c1)N(Cc1ccc([N+](=O)[O-])cc1)C(C)(C)C=C2C. The number of allylic oxidation sites excluding steroid dienone is 1. The molecule has 1 aliphatic heterocycles. The first-order valence-electron chi connectivity index (χ1n) is 8.20. The van der Waals surface area contributed by atoms with E-state index in [0.29, 0.717) is 6.54 Å². The highest BCUT2D eigenvalue weighted by atomic mass is 16.6. The van der Waals surface area contributed by atoms with Crippen molar-refractivity contribution in [2.45, 2.75) is 32.9 Å². The van der Waals surface area contributed by atoms with Gasteiger partial charge in [0.05, 0.1) is 17.6 Å². The lowest BCUT2D eigenvalue weighted by Crippen LogP contribution is -2.44. The van der Waals surface area contributed by atoms with E-state index in [1.165, 1.54) is 11.1 Å². The molecule has 2 aromatic carbocycles. The highest BCUT2D eigenvalue weighted by Gasteiger charge is 2.31. The Labute approximate surface area is 147 Å². The van der Waals surface area contributed by atoms with Crippen molar-refractivity contribution in [1.82, 2.24) is 0 Å². The van der Waals surface area contributed by atoms with Crippen LogP contribution in [0, 0.1) is 10.1 Å². The number of fused-ring (bicyclic) bond motifs is 1. The van der Waals surface area contributed by atoms with E-state index in [1.54, 1.807) is 19.2 Å². The van der Waals surface area contributed by atoms with Crippen LogP contribution in [0.2, 0.25) is 0 Å². The van der Waals surface area contributed by atoms with Crippen LogP contribution in [0.15, 0.2) is 48.5 Å². The number of methoxy groups -OCH3 is 1. The second-order valence-electron chi connectivity index (χ2n) is 6.87. The van der Waals surface area contributed by atoms with Gasteiger partial charge >= 0.3 is 0 Å². The van der Waals surface area contributed by atoms with Crippen LogP contribution < -0.4 is 9.64 Å². The summed E-state index contributed by atoms with van der Waals surface area (Å²) in [6.45, 7) is 7.12. The standard InChI is InChI=1S/C20H22N2O3/c1-14-12-20(2,3)21(19-11-17(25-4)9-10-18(14)19)13-15-5-7-16(8-6-15)22(23)24/h5-12H,13H2,1-4H3. The zero-order chi connectivity index (χ0) is 18.2. The van der Waals surface area contributed by atoms with Crippen LogP contribution >= 0.6 is 0 Å². The Morgan fingerprint density at radius 1 is 1.16 bits per heavy atom. The Bertz CT molecular complexity index is 839. The summed E-state index contributed by atoms with van der Waals surface area (Å²) in [5.41, 5.74) is 4.50. The summed E-state index contributed by atoms with van der Waals surface area (Å²) in [6.07, 6.45) is 2.26. The number of nitrogens with zero attached hydrogens (tertiary/aromatic N) is 2. The van der Waals surface area contributed by atoms with Gasteiger partial charge in [-0.3, -0.25) is 10.1 Å². The normalized spacial score (nSPS) is 15.4. The summed E-state index contributed by atoms with van der Waals surface area (Å²) in [6, 6.07) is 12.9. The minimum absolute atomic E-state index is 0.111. The number of nitro benzene ring substituents is 1. The summed E-state index contributed by atoms with van der Waals surface area (Å²) in [7, 11) is 1.67. The average molecular weight is 338 g/mol. The molecule has 1 heterocycles.